The molecule has 0 saturated heterocycles. The van der Waals surface area contributed by atoms with Crippen LogP contribution in [0.4, 0.5) is 10.1 Å². The Morgan fingerprint density at radius 3 is 2.61 bits per heavy atom. The summed E-state index contributed by atoms with van der Waals surface area (Å²) in [5, 5.41) is 2.58. The van der Waals surface area contributed by atoms with Crippen LogP contribution in [0.15, 0.2) is 48.8 Å². The van der Waals surface area contributed by atoms with Gasteiger partial charge < -0.3 is 5.32 Å². The van der Waals surface area contributed by atoms with Crippen LogP contribution in [-0.4, -0.2) is 32.1 Å². The molecule has 1 amide bonds. The molecular weight excluding hydrogens is 321 g/mol. The molecule has 1 aromatic carbocycles. The lowest BCUT2D eigenvalue weighted by atomic mass is 10.3. The highest BCUT2D eigenvalue weighted by atomic mass is 32.2. The molecule has 8 heteroatoms. The van der Waals surface area contributed by atoms with Crippen LogP contribution in [0, 0.1) is 5.82 Å². The molecule has 122 valence electrons. The molecule has 1 N–H and O–H groups in total. The molecular formula is C15H16FN3O3S. The van der Waals surface area contributed by atoms with Crippen molar-refractivity contribution in [1.29, 1.82) is 0 Å². The first-order valence-electron chi connectivity index (χ1n) is 6.76. The molecule has 0 saturated carbocycles. The van der Waals surface area contributed by atoms with E-state index >= 15 is 0 Å². The molecule has 0 bridgehead atoms. The molecule has 6 nitrogen and oxygen atoms in total. The summed E-state index contributed by atoms with van der Waals surface area (Å²) in [5.41, 5.74) is 0.615. The second-order valence-electron chi connectivity index (χ2n) is 4.86. The Kier molecular flexibility index (Phi) is 5.28. The zero-order valence-electron chi connectivity index (χ0n) is 12.4. The zero-order chi connectivity index (χ0) is 16.9. The minimum absolute atomic E-state index is 0.161. The number of carbonyl (C=O) groups excluding carboxylic acids is 1. The number of anilines is 1. The van der Waals surface area contributed by atoms with Gasteiger partial charge in [-0.15, -0.1) is 0 Å². The van der Waals surface area contributed by atoms with Crippen LogP contribution in [0.5, 0.6) is 0 Å². The second-order valence-corrected chi connectivity index (χ2v) is 6.77. The summed E-state index contributed by atoms with van der Waals surface area (Å²) < 4.78 is 38.3. The molecule has 0 spiro atoms. The molecule has 0 fully saturated rings. The Hall–Kier alpha value is -2.48. The van der Waals surface area contributed by atoms with E-state index in [1.165, 1.54) is 18.2 Å². The summed E-state index contributed by atoms with van der Waals surface area (Å²) in [5.74, 6) is -1.25. The maximum Gasteiger partial charge on any atom is 0.241 e. The van der Waals surface area contributed by atoms with E-state index in [2.05, 4.69) is 10.3 Å². The number of sulfonamides is 1. The predicted molar refractivity (Wildman–Crippen MR) is 84.7 cm³/mol. The lowest BCUT2D eigenvalue weighted by molar-refractivity contribution is -0.119. The number of nitrogens with one attached hydrogen (secondary N) is 1. The van der Waals surface area contributed by atoms with Crippen molar-refractivity contribution in [1.82, 2.24) is 10.3 Å². The Morgan fingerprint density at radius 2 is 2.00 bits per heavy atom. The monoisotopic (exact) mass is 337 g/mol. The van der Waals surface area contributed by atoms with Crippen molar-refractivity contribution < 1.29 is 17.6 Å². The van der Waals surface area contributed by atoms with Crippen LogP contribution in [0.2, 0.25) is 0 Å². The lowest BCUT2D eigenvalue weighted by Crippen LogP contribution is -2.40. The van der Waals surface area contributed by atoms with Gasteiger partial charge in [0.1, 0.15) is 12.4 Å². The summed E-state index contributed by atoms with van der Waals surface area (Å²) in [4.78, 5) is 15.9. The zero-order valence-corrected chi connectivity index (χ0v) is 13.3. The Labute approximate surface area is 134 Å². The van der Waals surface area contributed by atoms with E-state index in [0.29, 0.717) is 0 Å². The van der Waals surface area contributed by atoms with Gasteiger partial charge in [-0.1, -0.05) is 18.2 Å². The predicted octanol–water partition coefficient (Wildman–Crippen LogP) is 1.30. The Balaban J connectivity index is 2.10. The van der Waals surface area contributed by atoms with E-state index in [1.54, 1.807) is 24.5 Å². The van der Waals surface area contributed by atoms with Gasteiger partial charge in [0.05, 0.1) is 11.9 Å². The second kappa shape index (κ2) is 7.19. The molecule has 0 aliphatic heterocycles. The van der Waals surface area contributed by atoms with E-state index < -0.39 is 28.3 Å². The van der Waals surface area contributed by atoms with Crippen molar-refractivity contribution >= 4 is 21.6 Å². The first-order chi connectivity index (χ1) is 10.9. The van der Waals surface area contributed by atoms with Crippen LogP contribution >= 0.6 is 0 Å². The molecule has 2 rings (SSSR count). The number of pyridine rings is 1. The molecule has 1 aromatic heterocycles. The van der Waals surface area contributed by atoms with Crippen LogP contribution in [0.25, 0.3) is 0 Å². The van der Waals surface area contributed by atoms with Crippen molar-refractivity contribution in [2.24, 2.45) is 0 Å². The van der Waals surface area contributed by atoms with Gasteiger partial charge in [0.2, 0.25) is 15.9 Å². The standard InChI is InChI=1S/C15H16FN3O3S/c1-23(21,22)19(14-7-3-2-6-13(14)16)11-15(20)18-10-12-5-4-8-17-9-12/h2-9H,10-11H2,1H3,(H,18,20). The third-order valence-corrected chi connectivity index (χ3v) is 4.15. The van der Waals surface area contributed by atoms with Gasteiger partial charge in [0, 0.05) is 18.9 Å². The van der Waals surface area contributed by atoms with Gasteiger partial charge in [-0.05, 0) is 23.8 Å². The highest BCUT2D eigenvalue weighted by molar-refractivity contribution is 7.92. The number of carbonyl (C=O) groups is 1. The average Bonchev–Trinajstić information content (AvgIpc) is 2.51. The highest BCUT2D eigenvalue weighted by Gasteiger charge is 2.23. The minimum atomic E-state index is -3.80. The van der Waals surface area contributed by atoms with E-state index in [1.807, 2.05) is 0 Å². The van der Waals surface area contributed by atoms with E-state index in [4.69, 9.17) is 0 Å². The average molecular weight is 337 g/mol. The summed E-state index contributed by atoms with van der Waals surface area (Å²) in [6.07, 6.45) is 4.12. The molecule has 0 aliphatic carbocycles. The minimum Gasteiger partial charge on any atom is -0.350 e. The largest absolute Gasteiger partial charge is 0.350 e. The maximum atomic E-state index is 13.8. The van der Waals surface area contributed by atoms with Crippen molar-refractivity contribution in [2.75, 3.05) is 17.1 Å². The fourth-order valence-corrected chi connectivity index (χ4v) is 2.78. The van der Waals surface area contributed by atoms with Gasteiger partial charge in [0.25, 0.3) is 0 Å². The topological polar surface area (TPSA) is 79.4 Å². The molecule has 23 heavy (non-hydrogen) atoms. The van der Waals surface area contributed by atoms with Crippen molar-refractivity contribution in [3.8, 4) is 0 Å². The van der Waals surface area contributed by atoms with E-state index in [9.17, 15) is 17.6 Å². The fourth-order valence-electron chi connectivity index (χ4n) is 1.92. The number of para-hydroxylation sites is 1. The number of halogens is 1. The number of benzene rings is 1. The molecule has 0 unspecified atom stereocenters. The van der Waals surface area contributed by atoms with Crippen LogP contribution in [0.3, 0.4) is 0 Å². The summed E-state index contributed by atoms with van der Waals surface area (Å²) in [7, 11) is -3.80. The molecule has 0 aliphatic rings. The number of nitrogens with zero attached hydrogens (tertiary/aromatic N) is 2. The summed E-state index contributed by atoms with van der Waals surface area (Å²) in [6, 6.07) is 8.90. The third kappa shape index (κ3) is 4.75. The Bertz CT molecular complexity index is 782. The number of aromatic nitrogens is 1. The third-order valence-electron chi connectivity index (χ3n) is 3.02. The van der Waals surface area contributed by atoms with Gasteiger partial charge in [-0.2, -0.15) is 0 Å². The smallest absolute Gasteiger partial charge is 0.241 e. The SMILES string of the molecule is CS(=O)(=O)N(CC(=O)NCc1cccnc1)c1ccccc1F. The molecule has 2 aromatic rings. The summed E-state index contributed by atoms with van der Waals surface area (Å²) >= 11 is 0. The van der Waals surface area contributed by atoms with E-state index in [0.717, 1.165) is 22.2 Å². The summed E-state index contributed by atoms with van der Waals surface area (Å²) in [6.45, 7) is -0.290. The van der Waals surface area contributed by atoms with Gasteiger partial charge in [-0.3, -0.25) is 14.1 Å². The Morgan fingerprint density at radius 1 is 1.26 bits per heavy atom. The number of rotatable bonds is 6. The molecule has 0 atom stereocenters. The highest BCUT2D eigenvalue weighted by Crippen LogP contribution is 2.20. The van der Waals surface area contributed by atoms with Gasteiger partial charge in [0.15, 0.2) is 0 Å². The van der Waals surface area contributed by atoms with Crippen molar-refractivity contribution in [2.45, 2.75) is 6.54 Å². The van der Waals surface area contributed by atoms with Gasteiger partial charge in [-0.25, -0.2) is 12.8 Å². The number of amides is 1. The molecule has 0 radical (unpaired) electrons. The number of hydrogen-bond donors (Lipinski definition) is 1. The first-order valence-corrected chi connectivity index (χ1v) is 8.60. The normalized spacial score (nSPS) is 11.0. The fraction of sp³-hybridized carbons (Fsp3) is 0.200. The van der Waals surface area contributed by atoms with Gasteiger partial charge >= 0.3 is 0 Å². The van der Waals surface area contributed by atoms with Crippen LogP contribution < -0.4 is 9.62 Å². The quantitative estimate of drug-likeness (QED) is 0.862. The number of hydrogen-bond acceptors (Lipinski definition) is 4. The van der Waals surface area contributed by atoms with E-state index in [-0.39, 0.29) is 12.2 Å². The van der Waals surface area contributed by atoms with Crippen LogP contribution in [0.1, 0.15) is 5.56 Å². The maximum absolute atomic E-state index is 13.8. The van der Waals surface area contributed by atoms with Crippen molar-refractivity contribution in [3.05, 3.63) is 60.2 Å². The van der Waals surface area contributed by atoms with Crippen molar-refractivity contribution in [3.63, 3.8) is 0 Å². The molecule has 1 heterocycles. The lowest BCUT2D eigenvalue weighted by Gasteiger charge is -2.22. The first kappa shape index (κ1) is 16.9. The van der Waals surface area contributed by atoms with Crippen LogP contribution in [-0.2, 0) is 21.4 Å².